The second kappa shape index (κ2) is 6.47. The molecule has 0 bridgehead atoms. The number of nitrogens with one attached hydrogen (secondary N) is 2. The van der Waals surface area contributed by atoms with E-state index in [1.54, 1.807) is 0 Å². The second-order valence-corrected chi connectivity index (χ2v) is 6.27. The van der Waals surface area contributed by atoms with Crippen LogP contribution in [0.3, 0.4) is 0 Å². The van der Waals surface area contributed by atoms with Crippen LogP contribution in [0, 0.1) is 0 Å². The van der Waals surface area contributed by atoms with Crippen molar-refractivity contribution in [3.8, 4) is 0 Å². The third-order valence-corrected chi connectivity index (χ3v) is 3.94. The SMILES string of the molecule is O=S(=O)(Nc1ccc(C(F)(F)F)cc1)Nc1ccc(C(F)(F)F)cc1. The van der Waals surface area contributed by atoms with E-state index in [1.807, 2.05) is 9.44 Å². The van der Waals surface area contributed by atoms with Crippen molar-refractivity contribution in [1.29, 1.82) is 0 Å². The van der Waals surface area contributed by atoms with Gasteiger partial charge in [0.05, 0.1) is 22.5 Å². The Morgan fingerprint density at radius 2 is 0.880 bits per heavy atom. The fourth-order valence-corrected chi connectivity index (χ4v) is 2.73. The summed E-state index contributed by atoms with van der Waals surface area (Å²) in [6.07, 6.45) is -9.12. The summed E-state index contributed by atoms with van der Waals surface area (Å²) in [4.78, 5) is 0. The van der Waals surface area contributed by atoms with Crippen molar-refractivity contribution >= 4 is 21.6 Å². The normalized spacial score (nSPS) is 12.7. The highest BCUT2D eigenvalue weighted by Crippen LogP contribution is 2.31. The zero-order valence-electron chi connectivity index (χ0n) is 12.1. The van der Waals surface area contributed by atoms with Gasteiger partial charge in [-0.3, -0.25) is 9.44 Å². The van der Waals surface area contributed by atoms with Crippen LogP contribution in [0.1, 0.15) is 11.1 Å². The summed E-state index contributed by atoms with van der Waals surface area (Å²) < 4.78 is 102. The highest BCUT2D eigenvalue weighted by Gasteiger charge is 2.31. The molecule has 0 aliphatic carbocycles. The van der Waals surface area contributed by atoms with Gasteiger partial charge in [0.15, 0.2) is 0 Å². The number of anilines is 2. The zero-order valence-corrected chi connectivity index (χ0v) is 12.9. The zero-order chi connectivity index (χ0) is 18.9. The van der Waals surface area contributed by atoms with Crippen LogP contribution in [-0.2, 0) is 22.6 Å². The van der Waals surface area contributed by atoms with Crippen molar-refractivity contribution in [1.82, 2.24) is 0 Å². The van der Waals surface area contributed by atoms with Gasteiger partial charge in [0.2, 0.25) is 0 Å². The van der Waals surface area contributed by atoms with Crippen LogP contribution in [0.25, 0.3) is 0 Å². The van der Waals surface area contributed by atoms with Crippen molar-refractivity contribution in [2.24, 2.45) is 0 Å². The maximum absolute atomic E-state index is 12.4. The van der Waals surface area contributed by atoms with Crippen molar-refractivity contribution in [3.05, 3.63) is 59.7 Å². The third-order valence-electron chi connectivity index (χ3n) is 2.93. The molecule has 0 aliphatic heterocycles. The van der Waals surface area contributed by atoms with E-state index in [4.69, 9.17) is 0 Å². The topological polar surface area (TPSA) is 58.2 Å². The predicted molar refractivity (Wildman–Crippen MR) is 79.1 cm³/mol. The number of hydrogen-bond donors (Lipinski definition) is 2. The van der Waals surface area contributed by atoms with Gasteiger partial charge in [-0.1, -0.05) is 0 Å². The molecular formula is C14H10F6N2O2S. The molecule has 136 valence electrons. The molecule has 2 N–H and O–H groups in total. The van der Waals surface area contributed by atoms with Gasteiger partial charge < -0.3 is 0 Å². The molecule has 11 heteroatoms. The molecule has 0 saturated heterocycles. The van der Waals surface area contributed by atoms with Crippen molar-refractivity contribution in [2.75, 3.05) is 9.44 Å². The average molecular weight is 384 g/mol. The molecule has 0 aliphatic rings. The lowest BCUT2D eigenvalue weighted by Gasteiger charge is -2.12. The fraction of sp³-hybridized carbons (Fsp3) is 0.143. The van der Waals surface area contributed by atoms with Crippen molar-refractivity contribution in [3.63, 3.8) is 0 Å². The Hall–Kier alpha value is -2.43. The first-order chi connectivity index (χ1) is 11.4. The summed E-state index contributed by atoms with van der Waals surface area (Å²) in [7, 11) is -4.25. The number of rotatable bonds is 4. The van der Waals surface area contributed by atoms with Gasteiger partial charge in [0.1, 0.15) is 0 Å². The van der Waals surface area contributed by atoms with Crippen molar-refractivity contribution in [2.45, 2.75) is 12.4 Å². The lowest BCUT2D eigenvalue weighted by Crippen LogP contribution is -2.21. The van der Waals surface area contributed by atoms with Gasteiger partial charge in [-0.05, 0) is 48.5 Å². The summed E-state index contributed by atoms with van der Waals surface area (Å²) >= 11 is 0. The van der Waals surface area contributed by atoms with E-state index in [0.717, 1.165) is 24.3 Å². The molecule has 2 rings (SSSR count). The molecule has 2 aromatic rings. The minimum Gasteiger partial charge on any atom is -0.267 e. The van der Waals surface area contributed by atoms with Crippen LogP contribution in [-0.4, -0.2) is 8.42 Å². The molecule has 0 amide bonds. The van der Waals surface area contributed by atoms with E-state index in [9.17, 15) is 34.8 Å². The van der Waals surface area contributed by atoms with Gasteiger partial charge >= 0.3 is 22.6 Å². The maximum Gasteiger partial charge on any atom is 0.416 e. The maximum atomic E-state index is 12.4. The van der Waals surface area contributed by atoms with Gasteiger partial charge in [0, 0.05) is 0 Å². The Kier molecular flexibility index (Phi) is 4.89. The van der Waals surface area contributed by atoms with Gasteiger partial charge in [-0.15, -0.1) is 0 Å². The molecule has 25 heavy (non-hydrogen) atoms. The van der Waals surface area contributed by atoms with Gasteiger partial charge in [-0.25, -0.2) is 0 Å². The largest absolute Gasteiger partial charge is 0.416 e. The first kappa shape index (κ1) is 18.9. The molecular weight excluding hydrogens is 374 g/mol. The average Bonchev–Trinajstić information content (AvgIpc) is 2.45. The first-order valence-corrected chi connectivity index (χ1v) is 8.00. The number of hydrogen-bond acceptors (Lipinski definition) is 2. The standard InChI is InChI=1S/C14H10F6N2O2S/c15-13(16,17)9-1-5-11(6-2-9)21-25(23,24)22-12-7-3-10(4-8-12)14(18,19)20/h1-8,21-22H. The number of benzene rings is 2. The molecule has 0 spiro atoms. The highest BCUT2D eigenvalue weighted by atomic mass is 32.2. The minimum atomic E-state index is -4.56. The molecule has 0 fully saturated rings. The monoisotopic (exact) mass is 384 g/mol. The van der Waals surface area contributed by atoms with Crippen LogP contribution < -0.4 is 9.44 Å². The number of alkyl halides is 6. The molecule has 0 aromatic heterocycles. The Balaban J connectivity index is 2.09. The van der Waals surface area contributed by atoms with Gasteiger partial charge in [0.25, 0.3) is 0 Å². The Labute approximate surface area is 138 Å². The summed E-state index contributed by atoms with van der Waals surface area (Å²) in [5.74, 6) is 0. The molecule has 0 saturated carbocycles. The molecule has 2 aromatic carbocycles. The van der Waals surface area contributed by atoms with E-state index in [0.29, 0.717) is 24.3 Å². The van der Waals surface area contributed by atoms with Crippen LogP contribution in [0.15, 0.2) is 48.5 Å². The second-order valence-electron chi connectivity index (χ2n) is 4.86. The molecule has 0 atom stereocenters. The van der Waals surface area contributed by atoms with Crippen LogP contribution in [0.5, 0.6) is 0 Å². The van der Waals surface area contributed by atoms with Crippen LogP contribution in [0.4, 0.5) is 37.7 Å². The Bertz CT molecular complexity index is 762. The summed E-state index contributed by atoms with van der Waals surface area (Å²) in [5, 5.41) is 0. The van der Waals surface area contributed by atoms with Crippen LogP contribution >= 0.6 is 0 Å². The van der Waals surface area contributed by atoms with E-state index < -0.39 is 33.7 Å². The van der Waals surface area contributed by atoms with Crippen molar-refractivity contribution < 1.29 is 34.8 Å². The van der Waals surface area contributed by atoms with E-state index in [2.05, 4.69) is 0 Å². The molecule has 0 unspecified atom stereocenters. The summed E-state index contributed by atoms with van der Waals surface area (Å²) in [6.45, 7) is 0. The predicted octanol–water partition coefficient (Wildman–Crippen LogP) is 4.49. The quantitative estimate of drug-likeness (QED) is 0.763. The summed E-state index contributed by atoms with van der Waals surface area (Å²) in [6, 6.07) is 6.41. The lowest BCUT2D eigenvalue weighted by atomic mass is 10.2. The summed E-state index contributed by atoms with van der Waals surface area (Å²) in [5.41, 5.74) is -2.20. The lowest BCUT2D eigenvalue weighted by molar-refractivity contribution is -0.138. The molecule has 0 heterocycles. The Morgan fingerprint density at radius 3 is 1.12 bits per heavy atom. The van der Waals surface area contributed by atoms with Gasteiger partial charge in [-0.2, -0.15) is 34.8 Å². The van der Waals surface area contributed by atoms with Crippen LogP contribution in [0.2, 0.25) is 0 Å². The first-order valence-electron chi connectivity index (χ1n) is 6.52. The third kappa shape index (κ3) is 5.28. The van der Waals surface area contributed by atoms with E-state index in [-0.39, 0.29) is 11.4 Å². The van der Waals surface area contributed by atoms with E-state index in [1.165, 1.54) is 0 Å². The minimum absolute atomic E-state index is 0.146. The fourth-order valence-electron chi connectivity index (χ4n) is 1.79. The highest BCUT2D eigenvalue weighted by molar-refractivity contribution is 7.94. The molecule has 0 radical (unpaired) electrons. The molecule has 4 nitrogen and oxygen atoms in total. The smallest absolute Gasteiger partial charge is 0.267 e. The Morgan fingerprint density at radius 1 is 0.600 bits per heavy atom. The van der Waals surface area contributed by atoms with E-state index >= 15 is 0 Å². The number of halogens is 6.